The fourth-order valence-corrected chi connectivity index (χ4v) is 6.90. The number of hydrogen-bond donors (Lipinski definition) is 4. The molecular formula is C35H32N2Ni2O4. The molecule has 4 N–H and O–H groups in total. The number of fused-ring (bicyclic) bond motifs is 7. The van der Waals surface area contributed by atoms with E-state index in [4.69, 9.17) is 9.98 Å². The number of rotatable bonds is 4. The van der Waals surface area contributed by atoms with Gasteiger partial charge in [0, 0.05) is 67.7 Å². The van der Waals surface area contributed by atoms with Gasteiger partial charge in [-0.25, -0.2) is 0 Å². The predicted molar refractivity (Wildman–Crippen MR) is 161 cm³/mol. The van der Waals surface area contributed by atoms with Gasteiger partial charge in [0.1, 0.15) is 0 Å². The zero-order valence-corrected chi connectivity index (χ0v) is 25.4. The van der Waals surface area contributed by atoms with Crippen LogP contribution in [0, 0.1) is 0 Å². The van der Waals surface area contributed by atoms with Crippen molar-refractivity contribution in [2.24, 2.45) is 9.98 Å². The first kappa shape index (κ1) is 30.9. The molecule has 0 aliphatic heterocycles. The van der Waals surface area contributed by atoms with E-state index in [-0.39, 0.29) is 56.0 Å². The van der Waals surface area contributed by atoms with Crippen LogP contribution in [0.15, 0.2) is 70.6 Å². The van der Waals surface area contributed by atoms with Crippen LogP contribution in [0.5, 0.6) is 23.0 Å². The molecule has 0 aromatic heterocycles. The minimum atomic E-state index is -1.20. The van der Waals surface area contributed by atoms with Crippen LogP contribution in [0.4, 0.5) is 0 Å². The molecule has 0 saturated heterocycles. The summed E-state index contributed by atoms with van der Waals surface area (Å²) < 4.78 is 0. The third kappa shape index (κ3) is 5.05. The summed E-state index contributed by atoms with van der Waals surface area (Å²) >= 11 is 0. The molecule has 226 valence electrons. The van der Waals surface area contributed by atoms with Gasteiger partial charge in [-0.15, -0.1) is 0 Å². The monoisotopic (exact) mass is 660 g/mol. The maximum atomic E-state index is 10.6. The quantitative estimate of drug-likeness (QED) is 0.111. The minimum absolute atomic E-state index is 0. The van der Waals surface area contributed by atoms with Crippen molar-refractivity contribution in [2.75, 3.05) is 0 Å². The van der Waals surface area contributed by atoms with E-state index in [1.54, 1.807) is 36.7 Å². The molecular weight excluding hydrogens is 630 g/mol. The van der Waals surface area contributed by atoms with Crippen molar-refractivity contribution in [2.45, 2.75) is 57.0 Å². The van der Waals surface area contributed by atoms with Crippen LogP contribution < -0.4 is 0 Å². The molecule has 7 rings (SSSR count). The molecule has 0 unspecified atom stereocenters. The Morgan fingerprint density at radius 1 is 0.535 bits per heavy atom. The van der Waals surface area contributed by atoms with Crippen LogP contribution in [0.2, 0.25) is 0 Å². The van der Waals surface area contributed by atoms with E-state index in [9.17, 15) is 20.4 Å². The van der Waals surface area contributed by atoms with Crippen molar-refractivity contribution in [3.63, 3.8) is 0 Å². The van der Waals surface area contributed by atoms with Crippen LogP contribution in [0.3, 0.4) is 0 Å². The zero-order valence-electron chi connectivity index (χ0n) is 23.4. The molecule has 0 saturated carbocycles. The van der Waals surface area contributed by atoms with Gasteiger partial charge in [-0.1, -0.05) is 36.4 Å². The van der Waals surface area contributed by atoms with Gasteiger partial charge in [-0.3, -0.25) is 9.98 Å². The van der Waals surface area contributed by atoms with E-state index in [0.717, 1.165) is 49.7 Å². The van der Waals surface area contributed by atoms with E-state index in [0.29, 0.717) is 11.1 Å². The Morgan fingerprint density at radius 2 is 0.953 bits per heavy atom. The average Bonchev–Trinajstić information content (AvgIpc) is 3.29. The molecule has 4 aromatic rings. The number of phenolic OH excluding ortho intramolecular Hbond substituents is 4. The third-order valence-electron chi connectivity index (χ3n) is 8.94. The number of hydrogen-bond acceptors (Lipinski definition) is 6. The van der Waals surface area contributed by atoms with Crippen molar-refractivity contribution in [1.82, 2.24) is 0 Å². The second kappa shape index (κ2) is 12.2. The molecule has 0 bridgehead atoms. The van der Waals surface area contributed by atoms with Crippen molar-refractivity contribution < 1.29 is 53.4 Å². The molecule has 0 fully saturated rings. The Morgan fingerprint density at radius 3 is 1.40 bits per heavy atom. The molecule has 0 amide bonds. The number of para-hydroxylation sites is 2. The summed E-state index contributed by atoms with van der Waals surface area (Å²) in [6.45, 7) is 0. The van der Waals surface area contributed by atoms with Crippen LogP contribution in [0.25, 0.3) is 11.1 Å². The summed E-state index contributed by atoms with van der Waals surface area (Å²) in [6.07, 6.45) is 11.9. The first-order valence-corrected chi connectivity index (χ1v) is 14.4. The summed E-state index contributed by atoms with van der Waals surface area (Å²) in [7, 11) is 0. The number of benzene rings is 4. The Hall–Kier alpha value is -3.59. The van der Waals surface area contributed by atoms with E-state index in [1.165, 1.54) is 58.4 Å². The van der Waals surface area contributed by atoms with Gasteiger partial charge < -0.3 is 20.4 Å². The van der Waals surface area contributed by atoms with Gasteiger partial charge >= 0.3 is 0 Å². The fourth-order valence-electron chi connectivity index (χ4n) is 6.90. The average molecular weight is 662 g/mol. The molecule has 0 spiro atoms. The van der Waals surface area contributed by atoms with Gasteiger partial charge in [0.2, 0.25) is 5.66 Å². The SMILES string of the molecule is Oc1cccc(/C=N/C2(/N=C/c3cccc(O)c3O)c3ccc4c(c3-c3c2ccc2c3CCCC2)CCCC4)c1O.[Ni].[Ni]. The molecule has 0 atom stereocenters. The standard InChI is InChI=1S/C35H32N2O4.2Ni/c38-29-13-5-9-23(33(29)40)19-36-35(37-20-24-10-6-14-30(39)34(24)41)27-17-15-21-7-1-3-11-25(21)31(27)32-26-12-4-2-8-22(26)16-18-28(32)35;;/h5-6,9-10,13-20,38-41H,1-4,7-8,11-12H2;;/b36-19+,37-20+;;. The molecule has 3 aliphatic rings. The van der Waals surface area contributed by atoms with Gasteiger partial charge in [0.05, 0.1) is 0 Å². The molecule has 3 aliphatic carbocycles. The topological polar surface area (TPSA) is 106 Å². The summed E-state index contributed by atoms with van der Waals surface area (Å²) in [6, 6.07) is 18.3. The molecule has 0 heterocycles. The van der Waals surface area contributed by atoms with Crippen LogP contribution in [0.1, 0.15) is 70.2 Å². The third-order valence-corrected chi connectivity index (χ3v) is 8.94. The van der Waals surface area contributed by atoms with Crippen molar-refractivity contribution >= 4 is 12.4 Å². The van der Waals surface area contributed by atoms with Crippen LogP contribution in [-0.2, 0) is 64.3 Å². The summed E-state index contributed by atoms with van der Waals surface area (Å²) in [4.78, 5) is 10.3. The van der Waals surface area contributed by atoms with E-state index >= 15 is 0 Å². The van der Waals surface area contributed by atoms with E-state index in [1.807, 2.05) is 0 Å². The molecule has 0 radical (unpaired) electrons. The Balaban J connectivity index is 0.00000184. The number of aryl methyl sites for hydroxylation is 2. The van der Waals surface area contributed by atoms with Crippen LogP contribution in [-0.4, -0.2) is 32.9 Å². The van der Waals surface area contributed by atoms with Gasteiger partial charge in [0.25, 0.3) is 0 Å². The predicted octanol–water partition coefficient (Wildman–Crippen LogP) is 6.68. The summed E-state index contributed by atoms with van der Waals surface area (Å²) in [5.41, 5.74) is 9.48. The normalized spacial score (nSPS) is 16.1. The number of aromatic hydroxyl groups is 4. The Bertz CT molecular complexity index is 1640. The van der Waals surface area contributed by atoms with Crippen molar-refractivity contribution in [3.8, 4) is 34.1 Å². The maximum absolute atomic E-state index is 10.6. The second-order valence-corrected chi connectivity index (χ2v) is 11.3. The van der Waals surface area contributed by atoms with E-state index < -0.39 is 5.66 Å². The Labute approximate surface area is 271 Å². The summed E-state index contributed by atoms with van der Waals surface area (Å²) in [5.74, 6) is -0.913. The molecule has 8 heteroatoms. The van der Waals surface area contributed by atoms with Gasteiger partial charge in [-0.2, -0.15) is 0 Å². The maximum Gasteiger partial charge on any atom is 0.202 e. The second-order valence-electron chi connectivity index (χ2n) is 11.3. The van der Waals surface area contributed by atoms with Crippen molar-refractivity contribution in [3.05, 3.63) is 105 Å². The zero-order chi connectivity index (χ0) is 28.1. The fraction of sp³-hybridized carbons (Fsp3) is 0.257. The minimum Gasteiger partial charge on any atom is -0.504 e. The largest absolute Gasteiger partial charge is 0.504 e. The van der Waals surface area contributed by atoms with Crippen molar-refractivity contribution in [1.29, 1.82) is 0 Å². The molecule has 6 nitrogen and oxygen atoms in total. The van der Waals surface area contributed by atoms with Crippen LogP contribution >= 0.6 is 0 Å². The molecule has 4 aromatic carbocycles. The summed E-state index contributed by atoms with van der Waals surface area (Å²) in [5, 5.41) is 41.5. The first-order chi connectivity index (χ1) is 20.0. The first-order valence-electron chi connectivity index (χ1n) is 14.4. The smallest absolute Gasteiger partial charge is 0.202 e. The number of phenols is 4. The van der Waals surface area contributed by atoms with Gasteiger partial charge in [-0.05, 0) is 109 Å². The van der Waals surface area contributed by atoms with Gasteiger partial charge in [0.15, 0.2) is 23.0 Å². The Kier molecular flexibility index (Phi) is 8.74. The molecule has 43 heavy (non-hydrogen) atoms. The number of aliphatic imine (C=N–C) groups is 2. The number of nitrogens with zero attached hydrogens (tertiary/aromatic N) is 2. The van der Waals surface area contributed by atoms with E-state index in [2.05, 4.69) is 24.3 Å².